The van der Waals surface area contributed by atoms with Gasteiger partial charge in [0.2, 0.25) is 7.37 Å². The van der Waals surface area contributed by atoms with Crippen molar-refractivity contribution in [2.45, 2.75) is 26.9 Å². The van der Waals surface area contributed by atoms with Crippen LogP contribution in [0.3, 0.4) is 0 Å². The van der Waals surface area contributed by atoms with E-state index in [0.29, 0.717) is 33.2 Å². The van der Waals surface area contributed by atoms with E-state index in [-0.39, 0.29) is 18.2 Å². The maximum atomic E-state index is 12.6. The molecule has 30 heavy (non-hydrogen) atoms. The molecule has 2 N–H and O–H groups in total. The van der Waals surface area contributed by atoms with Gasteiger partial charge in [-0.25, -0.2) is 4.98 Å². The van der Waals surface area contributed by atoms with Gasteiger partial charge in [-0.2, -0.15) is 0 Å². The Bertz CT molecular complexity index is 1050. The fourth-order valence-corrected chi connectivity index (χ4v) is 4.13. The molecule has 0 saturated carbocycles. The number of thiazole rings is 1. The minimum Gasteiger partial charge on any atom is -0.491 e. The molecule has 7 nitrogen and oxygen atoms in total. The predicted octanol–water partition coefficient (Wildman–Crippen LogP) is 4.89. The van der Waals surface area contributed by atoms with Gasteiger partial charge < -0.3 is 14.4 Å². The van der Waals surface area contributed by atoms with E-state index in [1.165, 1.54) is 11.3 Å². The molecule has 1 unspecified atom stereocenters. The first kappa shape index (κ1) is 22.0. The fraction of sp³-hybridized carbons (Fsp3) is 0.238. The number of benzene rings is 2. The first-order chi connectivity index (χ1) is 14.3. The number of nitrogens with zero attached hydrogens (tertiary/aromatic N) is 1. The van der Waals surface area contributed by atoms with E-state index in [9.17, 15) is 14.3 Å². The third-order valence-electron chi connectivity index (χ3n) is 4.07. The summed E-state index contributed by atoms with van der Waals surface area (Å²) >= 11 is 1.32. The standard InChI is InChI=1S/C21H23N2O5PS/c1-4-29(25,26)19-7-5-16(6-8-19)28-18-12-15(11-17(13-18)27-14(2)3)20(24)23-21-22-9-10-30-21/h5-14H,4H2,1-3H3,(H,25,26)(H,22,23,24). The average molecular weight is 446 g/mol. The summed E-state index contributed by atoms with van der Waals surface area (Å²) in [6.45, 7) is 5.45. The van der Waals surface area contributed by atoms with Crippen molar-refractivity contribution in [3.05, 3.63) is 59.6 Å². The molecule has 0 aliphatic carbocycles. The Morgan fingerprint density at radius 2 is 1.87 bits per heavy atom. The number of amides is 1. The van der Waals surface area contributed by atoms with E-state index in [1.54, 1.807) is 61.0 Å². The van der Waals surface area contributed by atoms with Crippen molar-refractivity contribution < 1.29 is 23.7 Å². The second-order valence-corrected chi connectivity index (χ2v) is 10.2. The smallest absolute Gasteiger partial charge is 0.257 e. The molecule has 1 aromatic heterocycles. The van der Waals surface area contributed by atoms with Crippen LogP contribution in [0.4, 0.5) is 5.13 Å². The van der Waals surface area contributed by atoms with Gasteiger partial charge in [-0.15, -0.1) is 11.3 Å². The second-order valence-electron chi connectivity index (χ2n) is 6.76. The number of hydrogen-bond acceptors (Lipinski definition) is 6. The lowest BCUT2D eigenvalue weighted by atomic mass is 10.2. The number of carbonyl (C=O) groups is 1. The van der Waals surface area contributed by atoms with Gasteiger partial charge in [0.05, 0.1) is 6.10 Å². The zero-order valence-electron chi connectivity index (χ0n) is 16.9. The topological polar surface area (TPSA) is 97.8 Å². The molecule has 1 atom stereocenters. The lowest BCUT2D eigenvalue weighted by molar-refractivity contribution is 0.102. The van der Waals surface area contributed by atoms with Crippen LogP contribution in [0.15, 0.2) is 54.0 Å². The fourth-order valence-electron chi connectivity index (χ4n) is 2.62. The van der Waals surface area contributed by atoms with E-state index < -0.39 is 7.37 Å². The number of ether oxygens (including phenoxy) is 2. The van der Waals surface area contributed by atoms with E-state index in [0.717, 1.165) is 0 Å². The van der Waals surface area contributed by atoms with Crippen LogP contribution >= 0.6 is 18.7 Å². The number of nitrogens with one attached hydrogen (secondary N) is 1. The summed E-state index contributed by atoms with van der Waals surface area (Å²) in [6, 6.07) is 11.3. The van der Waals surface area contributed by atoms with Gasteiger partial charge in [0.15, 0.2) is 5.13 Å². The molecular weight excluding hydrogens is 423 g/mol. The van der Waals surface area contributed by atoms with Crippen LogP contribution in [0.2, 0.25) is 0 Å². The SMILES string of the molecule is CCP(=O)(O)c1ccc(Oc2cc(OC(C)C)cc(C(=O)Nc3nccs3)c2)cc1. The van der Waals surface area contributed by atoms with Crippen molar-refractivity contribution in [3.63, 3.8) is 0 Å². The minimum atomic E-state index is -3.33. The van der Waals surface area contributed by atoms with Gasteiger partial charge in [-0.3, -0.25) is 14.7 Å². The minimum absolute atomic E-state index is 0.0813. The Balaban J connectivity index is 1.85. The van der Waals surface area contributed by atoms with E-state index >= 15 is 0 Å². The molecule has 0 bridgehead atoms. The second kappa shape index (κ2) is 9.43. The largest absolute Gasteiger partial charge is 0.491 e. The highest BCUT2D eigenvalue weighted by atomic mass is 32.1. The van der Waals surface area contributed by atoms with Gasteiger partial charge in [0.1, 0.15) is 17.2 Å². The summed E-state index contributed by atoms with van der Waals surface area (Å²) in [7, 11) is -3.33. The molecule has 1 amide bonds. The molecule has 9 heteroatoms. The molecule has 0 spiro atoms. The number of hydrogen-bond donors (Lipinski definition) is 2. The van der Waals surface area contributed by atoms with Gasteiger partial charge in [0, 0.05) is 34.7 Å². The van der Waals surface area contributed by atoms with Crippen LogP contribution in [0.1, 0.15) is 31.1 Å². The van der Waals surface area contributed by atoms with Crippen molar-refractivity contribution in [1.82, 2.24) is 4.98 Å². The molecule has 3 aromatic rings. The summed E-state index contributed by atoms with van der Waals surface area (Å²) in [6.07, 6.45) is 1.70. The maximum Gasteiger partial charge on any atom is 0.257 e. The molecule has 0 saturated heterocycles. The quantitative estimate of drug-likeness (QED) is 0.478. The Morgan fingerprint density at radius 1 is 1.17 bits per heavy atom. The summed E-state index contributed by atoms with van der Waals surface area (Å²) in [5, 5.41) is 5.38. The zero-order valence-corrected chi connectivity index (χ0v) is 18.6. The average Bonchev–Trinajstić information content (AvgIpc) is 3.20. The van der Waals surface area contributed by atoms with Crippen LogP contribution in [-0.4, -0.2) is 28.1 Å². The van der Waals surface area contributed by atoms with E-state index in [2.05, 4.69) is 10.3 Å². The highest BCUT2D eigenvalue weighted by Gasteiger charge is 2.18. The molecule has 158 valence electrons. The van der Waals surface area contributed by atoms with Crippen molar-refractivity contribution in [2.24, 2.45) is 0 Å². The third-order valence-corrected chi connectivity index (χ3v) is 6.72. The first-order valence-corrected chi connectivity index (χ1v) is 12.1. The van der Waals surface area contributed by atoms with E-state index in [1.807, 2.05) is 13.8 Å². The summed E-state index contributed by atoms with van der Waals surface area (Å²) < 4.78 is 23.7. The third kappa shape index (κ3) is 5.69. The summed E-state index contributed by atoms with van der Waals surface area (Å²) in [5.74, 6) is 1.05. The number of anilines is 1. The molecule has 0 aliphatic heterocycles. The highest BCUT2D eigenvalue weighted by Crippen LogP contribution is 2.39. The van der Waals surface area contributed by atoms with Crippen LogP contribution in [0, 0.1) is 0 Å². The monoisotopic (exact) mass is 446 g/mol. The molecule has 3 rings (SSSR count). The number of rotatable bonds is 8. The van der Waals surface area contributed by atoms with Gasteiger partial charge in [-0.1, -0.05) is 6.92 Å². The van der Waals surface area contributed by atoms with Crippen LogP contribution in [0.25, 0.3) is 0 Å². The summed E-state index contributed by atoms with van der Waals surface area (Å²) in [5.41, 5.74) is 0.362. The number of aromatic nitrogens is 1. The van der Waals surface area contributed by atoms with Crippen molar-refractivity contribution >= 4 is 35.0 Å². The lowest BCUT2D eigenvalue weighted by Gasteiger charge is -2.14. The van der Waals surface area contributed by atoms with Crippen LogP contribution in [-0.2, 0) is 4.57 Å². The normalized spacial score (nSPS) is 13.0. The maximum absolute atomic E-state index is 12.6. The predicted molar refractivity (Wildman–Crippen MR) is 119 cm³/mol. The molecular formula is C21H23N2O5PS. The molecule has 0 radical (unpaired) electrons. The Labute approximate surface area is 179 Å². The molecule has 0 aliphatic rings. The van der Waals surface area contributed by atoms with E-state index in [4.69, 9.17) is 9.47 Å². The van der Waals surface area contributed by atoms with Crippen LogP contribution < -0.4 is 20.1 Å². The van der Waals surface area contributed by atoms with Crippen LogP contribution in [0.5, 0.6) is 17.2 Å². The van der Waals surface area contributed by atoms with Gasteiger partial charge >= 0.3 is 0 Å². The lowest BCUT2D eigenvalue weighted by Crippen LogP contribution is -2.13. The first-order valence-electron chi connectivity index (χ1n) is 9.39. The van der Waals surface area contributed by atoms with Crippen molar-refractivity contribution in [3.8, 4) is 17.2 Å². The zero-order chi connectivity index (χ0) is 21.7. The van der Waals surface area contributed by atoms with Gasteiger partial charge in [-0.05, 0) is 50.2 Å². The Morgan fingerprint density at radius 3 is 2.47 bits per heavy atom. The van der Waals surface area contributed by atoms with Gasteiger partial charge in [0.25, 0.3) is 5.91 Å². The number of carbonyl (C=O) groups excluding carboxylic acids is 1. The Hall–Kier alpha value is -2.67. The molecule has 0 fully saturated rings. The summed E-state index contributed by atoms with van der Waals surface area (Å²) in [4.78, 5) is 26.6. The molecule has 1 heterocycles. The van der Waals surface area contributed by atoms with Crippen molar-refractivity contribution in [1.29, 1.82) is 0 Å². The highest BCUT2D eigenvalue weighted by molar-refractivity contribution is 7.66. The van der Waals surface area contributed by atoms with Crippen molar-refractivity contribution in [2.75, 3.05) is 11.5 Å². The molecule has 2 aromatic carbocycles. The Kier molecular flexibility index (Phi) is 6.92.